The summed E-state index contributed by atoms with van der Waals surface area (Å²) >= 11 is 0. The molecule has 1 aromatic rings. The molecule has 8 atom stereocenters. The minimum Gasteiger partial charge on any atom is -0.455 e. The number of likely N-dealkylation sites (tertiary alicyclic amines) is 1. The Morgan fingerprint density at radius 1 is 1.22 bits per heavy atom. The number of methoxy groups -OCH3 is 1. The molecule has 2 N–H and O–H groups in total. The minimum absolute atomic E-state index is 0.0634. The fraction of sp³-hybridized carbons (Fsp3) is 0.600. The van der Waals surface area contributed by atoms with Gasteiger partial charge in [-0.05, 0) is 52.5 Å². The van der Waals surface area contributed by atoms with Crippen LogP contribution in [0, 0.1) is 11.8 Å². The van der Waals surface area contributed by atoms with E-state index in [0.717, 1.165) is 0 Å². The Kier molecular flexibility index (Phi) is 11.1. The average Bonchev–Trinajstić information content (AvgIpc) is 3.67. The van der Waals surface area contributed by atoms with Crippen molar-refractivity contribution >= 4 is 23.7 Å². The SMILES string of the molecule is C=CCCC(=O)N[C@@H](COC)[C@@H](OC(=O)[C@@H]1[C@H]2C(=O)N([C@H](C)CO)[C@H](C(=O)N(CC=C)C(C)(C)C)[C@]23CC[C@H]1O3)c1ccccc1. The van der Waals surface area contributed by atoms with Crippen LogP contribution in [-0.4, -0.2) is 101 Å². The second-order valence-electron chi connectivity index (χ2n) is 13.5. The molecule has 3 aliphatic rings. The number of nitrogens with zero attached hydrogens (tertiary/aromatic N) is 2. The molecule has 11 nitrogen and oxygen atoms in total. The molecule has 0 radical (unpaired) electrons. The molecule has 1 aromatic carbocycles. The van der Waals surface area contributed by atoms with Gasteiger partial charge in [-0.25, -0.2) is 0 Å². The normalized spacial score (nSPS) is 27.0. The monoisotopic (exact) mass is 639 g/mol. The highest BCUT2D eigenvalue weighted by atomic mass is 16.6. The van der Waals surface area contributed by atoms with Crippen molar-refractivity contribution < 1.29 is 38.5 Å². The van der Waals surface area contributed by atoms with Gasteiger partial charge < -0.3 is 34.4 Å². The maximum Gasteiger partial charge on any atom is 0.313 e. The Morgan fingerprint density at radius 2 is 1.91 bits per heavy atom. The summed E-state index contributed by atoms with van der Waals surface area (Å²) in [6.07, 6.45) is 3.29. The number of hydrogen-bond acceptors (Lipinski definition) is 8. The van der Waals surface area contributed by atoms with Crippen molar-refractivity contribution in [2.45, 2.75) is 94.9 Å². The van der Waals surface area contributed by atoms with Crippen LogP contribution in [0.25, 0.3) is 0 Å². The summed E-state index contributed by atoms with van der Waals surface area (Å²) in [7, 11) is 1.50. The van der Waals surface area contributed by atoms with Crippen LogP contribution in [0.1, 0.15) is 65.0 Å². The zero-order valence-electron chi connectivity index (χ0n) is 27.6. The van der Waals surface area contributed by atoms with Gasteiger partial charge in [-0.1, -0.05) is 42.5 Å². The van der Waals surface area contributed by atoms with Crippen LogP contribution in [0.5, 0.6) is 0 Å². The summed E-state index contributed by atoms with van der Waals surface area (Å²) in [4.78, 5) is 58.9. The number of hydrogen-bond donors (Lipinski definition) is 2. The number of ether oxygens (including phenoxy) is 3. The molecule has 11 heteroatoms. The smallest absolute Gasteiger partial charge is 0.313 e. The molecule has 3 aliphatic heterocycles. The molecule has 0 aromatic heterocycles. The van der Waals surface area contributed by atoms with E-state index in [1.807, 2.05) is 39.0 Å². The number of amides is 3. The lowest BCUT2D eigenvalue weighted by molar-refractivity contribution is -0.163. The van der Waals surface area contributed by atoms with E-state index in [-0.39, 0.29) is 38.0 Å². The standard InChI is InChI=1S/C35H49N3O8/c1-8-10-16-26(40)36-24(21-44-7)29(23-14-12-11-13-15-23)45-33(43)27-25-17-18-35(46-25)28(27)31(41)38(22(3)20-39)30(35)32(42)37(19-9-2)34(4,5)6/h8-9,11-15,22,24-25,27-30,39H,1-2,10,16-21H2,3-7H3,(H,36,40)/t22-,24+,25-,27+,28+,29+,30-,35+/m1/s1. The molecule has 0 unspecified atom stereocenters. The first kappa shape index (κ1) is 35.3. The van der Waals surface area contributed by atoms with Crippen molar-refractivity contribution in [1.82, 2.24) is 15.1 Å². The van der Waals surface area contributed by atoms with E-state index in [2.05, 4.69) is 18.5 Å². The topological polar surface area (TPSA) is 135 Å². The Labute approximate surface area is 271 Å². The van der Waals surface area contributed by atoms with Crippen LogP contribution in [0.4, 0.5) is 0 Å². The van der Waals surface area contributed by atoms with Gasteiger partial charge in [0.25, 0.3) is 0 Å². The van der Waals surface area contributed by atoms with Gasteiger partial charge in [0.05, 0.1) is 43.2 Å². The van der Waals surface area contributed by atoms with Crippen LogP contribution < -0.4 is 5.32 Å². The van der Waals surface area contributed by atoms with Gasteiger partial charge in [-0.2, -0.15) is 0 Å². The van der Waals surface area contributed by atoms with E-state index in [1.165, 1.54) is 12.0 Å². The number of benzene rings is 1. The molecule has 0 aliphatic carbocycles. The lowest BCUT2D eigenvalue weighted by Gasteiger charge is -2.43. The fourth-order valence-corrected chi connectivity index (χ4v) is 7.30. The number of nitrogens with one attached hydrogen (secondary N) is 1. The predicted molar refractivity (Wildman–Crippen MR) is 171 cm³/mol. The van der Waals surface area contributed by atoms with E-state index in [9.17, 15) is 24.3 Å². The number of fused-ring (bicyclic) bond motifs is 1. The van der Waals surface area contributed by atoms with Gasteiger partial charge >= 0.3 is 5.97 Å². The van der Waals surface area contributed by atoms with Crippen LogP contribution >= 0.6 is 0 Å². The Balaban J connectivity index is 1.71. The first-order chi connectivity index (χ1) is 21.9. The summed E-state index contributed by atoms with van der Waals surface area (Å²) in [5.41, 5.74) is -1.21. The number of esters is 1. The number of aliphatic hydroxyl groups is 1. The molecule has 3 amide bonds. The molecule has 0 saturated carbocycles. The maximum atomic E-state index is 14.4. The van der Waals surface area contributed by atoms with Gasteiger partial charge in [0.1, 0.15) is 17.7 Å². The third kappa shape index (κ3) is 6.63. The highest BCUT2D eigenvalue weighted by Gasteiger charge is 2.75. The van der Waals surface area contributed by atoms with E-state index >= 15 is 0 Å². The summed E-state index contributed by atoms with van der Waals surface area (Å²) in [6.45, 7) is 14.8. The van der Waals surface area contributed by atoms with E-state index in [4.69, 9.17) is 14.2 Å². The average molecular weight is 640 g/mol. The Bertz CT molecular complexity index is 1300. The first-order valence-corrected chi connectivity index (χ1v) is 16.0. The minimum atomic E-state index is -1.26. The van der Waals surface area contributed by atoms with Gasteiger partial charge in [-0.3, -0.25) is 19.2 Å². The van der Waals surface area contributed by atoms with Gasteiger partial charge in [-0.15, -0.1) is 13.2 Å². The molecule has 3 fully saturated rings. The van der Waals surface area contributed by atoms with Crippen molar-refractivity contribution in [3.63, 3.8) is 0 Å². The first-order valence-electron chi connectivity index (χ1n) is 16.0. The highest BCUT2D eigenvalue weighted by Crippen LogP contribution is 2.59. The number of aliphatic hydroxyl groups excluding tert-OH is 1. The number of carbonyl (C=O) groups excluding carboxylic acids is 4. The molecular weight excluding hydrogens is 590 g/mol. The third-order valence-corrected chi connectivity index (χ3v) is 9.38. The van der Waals surface area contributed by atoms with Crippen LogP contribution in [0.2, 0.25) is 0 Å². The van der Waals surface area contributed by atoms with Gasteiger partial charge in [0.2, 0.25) is 17.7 Å². The largest absolute Gasteiger partial charge is 0.455 e. The molecule has 3 heterocycles. The molecular formula is C35H49N3O8. The van der Waals surface area contributed by atoms with Crippen LogP contribution in [0.15, 0.2) is 55.6 Å². The number of allylic oxidation sites excluding steroid dienone is 1. The summed E-state index contributed by atoms with van der Waals surface area (Å²) in [5.74, 6) is -3.59. The molecule has 2 bridgehead atoms. The number of rotatable bonds is 15. The zero-order valence-corrected chi connectivity index (χ0v) is 27.6. The molecule has 4 rings (SSSR count). The predicted octanol–water partition coefficient (Wildman–Crippen LogP) is 2.94. The summed E-state index contributed by atoms with van der Waals surface area (Å²) in [5, 5.41) is 13.1. The van der Waals surface area contributed by atoms with E-state index in [1.54, 1.807) is 36.1 Å². The van der Waals surface area contributed by atoms with E-state index in [0.29, 0.717) is 24.8 Å². The molecule has 3 saturated heterocycles. The number of carbonyl (C=O) groups is 4. The quantitative estimate of drug-likeness (QED) is 0.221. The lowest BCUT2D eigenvalue weighted by atomic mass is 9.70. The van der Waals surface area contributed by atoms with E-state index < -0.39 is 65.2 Å². The second kappa shape index (κ2) is 14.5. The zero-order chi connectivity index (χ0) is 33.8. The second-order valence-corrected chi connectivity index (χ2v) is 13.5. The third-order valence-electron chi connectivity index (χ3n) is 9.38. The van der Waals surface area contributed by atoms with Crippen molar-refractivity contribution in [3.05, 3.63) is 61.2 Å². The highest BCUT2D eigenvalue weighted by molar-refractivity contribution is 5.98. The van der Waals surface area contributed by atoms with Crippen LogP contribution in [0.3, 0.4) is 0 Å². The van der Waals surface area contributed by atoms with Gasteiger partial charge in [0.15, 0.2) is 0 Å². The van der Waals surface area contributed by atoms with Gasteiger partial charge in [0, 0.05) is 25.6 Å². The van der Waals surface area contributed by atoms with Crippen molar-refractivity contribution in [2.24, 2.45) is 11.8 Å². The Hall–Kier alpha value is -3.54. The summed E-state index contributed by atoms with van der Waals surface area (Å²) in [6, 6.07) is 6.61. The molecule has 46 heavy (non-hydrogen) atoms. The van der Waals surface area contributed by atoms with Crippen LogP contribution in [-0.2, 0) is 33.4 Å². The fourth-order valence-electron chi connectivity index (χ4n) is 7.30. The Morgan fingerprint density at radius 3 is 2.50 bits per heavy atom. The summed E-state index contributed by atoms with van der Waals surface area (Å²) < 4.78 is 18.2. The van der Waals surface area contributed by atoms with Crippen molar-refractivity contribution in [1.29, 1.82) is 0 Å². The van der Waals surface area contributed by atoms with Crippen molar-refractivity contribution in [2.75, 3.05) is 26.9 Å². The molecule has 252 valence electrons. The van der Waals surface area contributed by atoms with Crippen molar-refractivity contribution in [3.8, 4) is 0 Å². The molecule has 1 spiro atoms. The lowest BCUT2D eigenvalue weighted by Crippen LogP contribution is -2.61. The maximum absolute atomic E-state index is 14.4.